The van der Waals surface area contributed by atoms with E-state index in [-0.39, 0.29) is 13.0 Å². The Morgan fingerprint density at radius 1 is 1.28 bits per heavy atom. The predicted octanol–water partition coefficient (Wildman–Crippen LogP) is -0.250. The first-order valence-electron chi connectivity index (χ1n) is 5.98. The van der Waals surface area contributed by atoms with E-state index in [0.717, 1.165) is 0 Å². The van der Waals surface area contributed by atoms with Crippen LogP contribution in [0.3, 0.4) is 0 Å². The average Bonchev–Trinajstić information content (AvgIpc) is 2.27. The van der Waals surface area contributed by atoms with Crippen molar-refractivity contribution in [2.24, 2.45) is 0 Å². The van der Waals surface area contributed by atoms with Gasteiger partial charge in [-0.3, -0.25) is 15.4 Å². The van der Waals surface area contributed by atoms with Crippen LogP contribution in [0, 0.1) is 0 Å². The first-order valence-corrected chi connectivity index (χ1v) is 5.98. The van der Waals surface area contributed by atoms with Gasteiger partial charge in [-0.25, -0.2) is 0 Å². The summed E-state index contributed by atoms with van der Waals surface area (Å²) in [7, 11) is 0. The highest BCUT2D eigenvalue weighted by Gasteiger charge is 2.15. The Morgan fingerprint density at radius 2 is 1.89 bits per heavy atom. The Bertz CT molecular complexity index is 227. The van der Waals surface area contributed by atoms with Crippen molar-refractivity contribution in [1.82, 2.24) is 10.6 Å². The van der Waals surface area contributed by atoms with Gasteiger partial charge < -0.3 is 19.3 Å². The van der Waals surface area contributed by atoms with Gasteiger partial charge in [-0.2, -0.15) is 0 Å². The maximum Gasteiger partial charge on any atom is 0.304 e. The van der Waals surface area contributed by atoms with Crippen LogP contribution in [0.15, 0.2) is 0 Å². The van der Waals surface area contributed by atoms with E-state index >= 15 is 0 Å². The third-order valence-electron chi connectivity index (χ3n) is 2.11. The van der Waals surface area contributed by atoms with E-state index in [9.17, 15) is 9.90 Å². The van der Waals surface area contributed by atoms with Crippen LogP contribution in [0.5, 0.6) is 0 Å². The molecule has 0 spiro atoms. The number of carbonyl (C=O) groups is 1. The van der Waals surface area contributed by atoms with Gasteiger partial charge in [-0.05, 0) is 20.8 Å². The number of rotatable bonds is 10. The molecule has 0 aromatic carbocycles. The van der Waals surface area contributed by atoms with Gasteiger partial charge in [0.2, 0.25) is 6.29 Å². The summed E-state index contributed by atoms with van der Waals surface area (Å²) in [4.78, 5) is 10.6. The van der Waals surface area contributed by atoms with Gasteiger partial charge in [0.25, 0.3) is 0 Å². The molecule has 0 rings (SSSR count). The average molecular weight is 264 g/mol. The monoisotopic (exact) mass is 264 g/mol. The molecule has 7 heteroatoms. The lowest BCUT2D eigenvalue weighted by Crippen LogP contribution is -2.42. The highest BCUT2D eigenvalue weighted by Crippen LogP contribution is 1.95. The largest absolute Gasteiger partial charge is 0.434 e. The van der Waals surface area contributed by atoms with Crippen LogP contribution in [0.1, 0.15) is 27.7 Å². The Morgan fingerprint density at radius 3 is 2.44 bits per heavy atom. The minimum absolute atomic E-state index is 0.0703. The van der Waals surface area contributed by atoms with E-state index in [2.05, 4.69) is 15.4 Å². The fourth-order valence-electron chi connectivity index (χ4n) is 1.10. The molecule has 2 unspecified atom stereocenters. The van der Waals surface area contributed by atoms with Crippen LogP contribution in [-0.2, 0) is 19.0 Å². The summed E-state index contributed by atoms with van der Waals surface area (Å²) in [5, 5.41) is 15.3. The molecule has 0 aliphatic rings. The first kappa shape index (κ1) is 17.3. The number of esters is 1. The second kappa shape index (κ2) is 10.2. The zero-order valence-electron chi connectivity index (χ0n) is 11.4. The maximum absolute atomic E-state index is 10.6. The number of nitrogens with one attached hydrogen (secondary N) is 2. The number of aliphatic hydroxyl groups excluding tert-OH is 1. The minimum atomic E-state index is -1.18. The highest BCUT2D eigenvalue weighted by molar-refractivity contribution is 5.66. The lowest BCUT2D eigenvalue weighted by molar-refractivity contribution is -0.170. The van der Waals surface area contributed by atoms with Crippen molar-refractivity contribution in [2.75, 3.05) is 20.1 Å². The van der Waals surface area contributed by atoms with Gasteiger partial charge >= 0.3 is 5.97 Å². The molecule has 108 valence electrons. The second-order valence-corrected chi connectivity index (χ2v) is 3.79. The zero-order valence-corrected chi connectivity index (χ0v) is 11.4. The molecule has 0 aromatic rings. The molecule has 0 aliphatic heterocycles. The van der Waals surface area contributed by atoms with E-state index < -0.39 is 18.3 Å². The molecule has 3 atom stereocenters. The summed E-state index contributed by atoms with van der Waals surface area (Å²) in [5.41, 5.74) is 0. The maximum atomic E-state index is 10.6. The molecule has 0 saturated heterocycles. The molecule has 0 amide bonds. The van der Waals surface area contributed by atoms with Crippen LogP contribution in [-0.4, -0.2) is 49.7 Å². The fraction of sp³-hybridized carbons (Fsp3) is 0.909. The van der Waals surface area contributed by atoms with Crippen LogP contribution in [0.2, 0.25) is 0 Å². The Hall–Kier alpha value is -0.730. The first-order chi connectivity index (χ1) is 8.47. The third kappa shape index (κ3) is 9.32. The number of hydrogen-bond donors (Lipinski definition) is 3. The predicted molar refractivity (Wildman–Crippen MR) is 65.4 cm³/mol. The van der Waals surface area contributed by atoms with Crippen molar-refractivity contribution in [3.05, 3.63) is 0 Å². The molecule has 0 radical (unpaired) electrons. The van der Waals surface area contributed by atoms with E-state index in [4.69, 9.17) is 9.47 Å². The molecular weight excluding hydrogens is 240 g/mol. The topological polar surface area (TPSA) is 89.1 Å². The normalized spacial score (nSPS) is 16.1. The Labute approximate surface area is 108 Å². The third-order valence-corrected chi connectivity index (χ3v) is 2.11. The van der Waals surface area contributed by atoms with Crippen LogP contribution in [0.25, 0.3) is 0 Å². The summed E-state index contributed by atoms with van der Waals surface area (Å²) >= 11 is 0. The van der Waals surface area contributed by atoms with E-state index in [1.807, 2.05) is 13.8 Å². The van der Waals surface area contributed by atoms with Gasteiger partial charge in [0, 0.05) is 13.5 Å². The number of carbonyl (C=O) groups excluding carboxylic acids is 1. The van der Waals surface area contributed by atoms with E-state index in [1.54, 1.807) is 6.92 Å². The Balaban J connectivity index is 3.50. The van der Waals surface area contributed by atoms with E-state index in [0.29, 0.717) is 13.3 Å². The van der Waals surface area contributed by atoms with Gasteiger partial charge in [-0.1, -0.05) is 0 Å². The summed E-state index contributed by atoms with van der Waals surface area (Å²) in [6.45, 7) is 7.92. The van der Waals surface area contributed by atoms with Gasteiger partial charge in [0.1, 0.15) is 13.0 Å². The van der Waals surface area contributed by atoms with Crippen molar-refractivity contribution < 1.29 is 24.1 Å². The molecule has 0 aromatic heterocycles. The van der Waals surface area contributed by atoms with Gasteiger partial charge in [0.15, 0.2) is 0 Å². The molecule has 7 nitrogen and oxygen atoms in total. The van der Waals surface area contributed by atoms with E-state index in [1.165, 1.54) is 6.92 Å². The fourth-order valence-corrected chi connectivity index (χ4v) is 1.10. The van der Waals surface area contributed by atoms with Crippen molar-refractivity contribution >= 4 is 5.97 Å². The smallest absolute Gasteiger partial charge is 0.304 e. The number of aliphatic hydroxyl groups is 1. The van der Waals surface area contributed by atoms with Gasteiger partial charge in [0.05, 0.1) is 12.8 Å². The lowest BCUT2D eigenvalue weighted by atomic mass is 10.3. The SMILES string of the molecule is CCOC(C)NCOCNC(C)[C@@H](O)OC(C)=O. The molecule has 0 fully saturated rings. The number of ether oxygens (including phenoxy) is 3. The quantitative estimate of drug-likeness (QED) is 0.285. The molecule has 0 heterocycles. The standard InChI is InChI=1S/C11H24N2O5/c1-5-17-9(3)13-7-16-6-12-8(2)11(15)18-10(4)14/h8-9,11-13,15H,5-7H2,1-4H3/t8?,9?,11-/m0/s1. The van der Waals surface area contributed by atoms with Crippen LogP contribution >= 0.6 is 0 Å². The highest BCUT2D eigenvalue weighted by atomic mass is 16.6. The van der Waals surface area contributed by atoms with Gasteiger partial charge in [-0.15, -0.1) is 0 Å². The van der Waals surface area contributed by atoms with Crippen molar-refractivity contribution in [3.8, 4) is 0 Å². The van der Waals surface area contributed by atoms with Crippen molar-refractivity contribution in [3.63, 3.8) is 0 Å². The summed E-state index contributed by atoms with van der Waals surface area (Å²) in [6.07, 6.45) is -1.25. The molecular formula is C11H24N2O5. The summed E-state index contributed by atoms with van der Waals surface area (Å²) in [6, 6.07) is -0.404. The molecule has 3 N–H and O–H groups in total. The van der Waals surface area contributed by atoms with Crippen molar-refractivity contribution in [1.29, 1.82) is 0 Å². The summed E-state index contributed by atoms with van der Waals surface area (Å²) in [5.74, 6) is -0.524. The minimum Gasteiger partial charge on any atom is -0.434 e. The Kier molecular flexibility index (Phi) is 9.80. The molecule has 0 bridgehead atoms. The van der Waals surface area contributed by atoms with Crippen LogP contribution in [0.4, 0.5) is 0 Å². The lowest BCUT2D eigenvalue weighted by Gasteiger charge is -2.20. The van der Waals surface area contributed by atoms with Crippen molar-refractivity contribution in [2.45, 2.75) is 46.3 Å². The summed E-state index contributed by atoms with van der Waals surface area (Å²) < 4.78 is 15.1. The molecule has 0 saturated carbocycles. The molecule has 0 aliphatic carbocycles. The molecule has 18 heavy (non-hydrogen) atoms. The number of hydrogen-bond acceptors (Lipinski definition) is 7. The van der Waals surface area contributed by atoms with Crippen LogP contribution < -0.4 is 10.6 Å². The zero-order chi connectivity index (χ0) is 14.0. The second-order valence-electron chi connectivity index (χ2n) is 3.79.